The SMILES string of the molecule is N#CCCn1cc(/C=C(\C#N)C(=O)c2ccc(Cl)cc2)c2ccccc21. The number of carbonyl (C=O) groups is 1. The highest BCUT2D eigenvalue weighted by atomic mass is 35.5. The first kappa shape index (κ1) is 17.5. The number of fused-ring (bicyclic) bond motifs is 1. The summed E-state index contributed by atoms with van der Waals surface area (Å²) in [6.45, 7) is 0.553. The molecule has 0 spiro atoms. The number of hydrogen-bond acceptors (Lipinski definition) is 3. The van der Waals surface area contributed by atoms with Crippen LogP contribution >= 0.6 is 11.6 Å². The summed E-state index contributed by atoms with van der Waals surface area (Å²) < 4.78 is 1.96. The Morgan fingerprint density at radius 2 is 1.85 bits per heavy atom. The third-order valence-electron chi connectivity index (χ3n) is 4.06. The van der Waals surface area contributed by atoms with Crippen LogP contribution in [-0.4, -0.2) is 10.4 Å². The first-order chi connectivity index (χ1) is 12.6. The lowest BCUT2D eigenvalue weighted by molar-refractivity contribution is 0.104. The number of allylic oxidation sites excluding steroid dienone is 1. The van der Waals surface area contributed by atoms with E-state index in [-0.39, 0.29) is 11.4 Å². The molecule has 0 saturated carbocycles. The van der Waals surface area contributed by atoms with E-state index in [2.05, 4.69) is 6.07 Å². The van der Waals surface area contributed by atoms with Gasteiger partial charge >= 0.3 is 0 Å². The number of rotatable bonds is 5. The van der Waals surface area contributed by atoms with E-state index in [1.807, 2.05) is 41.1 Å². The van der Waals surface area contributed by atoms with Crippen molar-refractivity contribution in [1.29, 1.82) is 10.5 Å². The normalized spacial score (nSPS) is 11.1. The van der Waals surface area contributed by atoms with E-state index in [0.29, 0.717) is 23.6 Å². The molecular formula is C21H14ClN3O. The number of aryl methyl sites for hydroxylation is 1. The molecular weight excluding hydrogens is 346 g/mol. The molecule has 126 valence electrons. The molecule has 5 heteroatoms. The summed E-state index contributed by atoms with van der Waals surface area (Å²) in [4.78, 5) is 12.6. The Morgan fingerprint density at radius 1 is 1.12 bits per heavy atom. The van der Waals surface area contributed by atoms with Crippen LogP contribution in [0.15, 0.2) is 60.3 Å². The smallest absolute Gasteiger partial charge is 0.203 e. The van der Waals surface area contributed by atoms with Crippen molar-refractivity contribution < 1.29 is 4.79 Å². The molecule has 0 aliphatic carbocycles. The molecule has 0 aliphatic heterocycles. The fourth-order valence-electron chi connectivity index (χ4n) is 2.81. The maximum absolute atomic E-state index is 12.6. The summed E-state index contributed by atoms with van der Waals surface area (Å²) in [5.41, 5.74) is 2.20. The summed E-state index contributed by atoms with van der Waals surface area (Å²) in [5, 5.41) is 19.8. The predicted octanol–water partition coefficient (Wildman–Crippen LogP) is 5.00. The van der Waals surface area contributed by atoms with Crippen LogP contribution in [0.2, 0.25) is 5.02 Å². The van der Waals surface area contributed by atoms with Crippen molar-refractivity contribution in [3.05, 3.63) is 76.5 Å². The molecule has 1 aromatic heterocycles. The van der Waals surface area contributed by atoms with Gasteiger partial charge in [-0.05, 0) is 36.4 Å². The van der Waals surface area contributed by atoms with Crippen molar-refractivity contribution in [1.82, 2.24) is 4.57 Å². The minimum absolute atomic E-state index is 0.0514. The van der Waals surface area contributed by atoms with Gasteiger partial charge in [0.1, 0.15) is 11.6 Å². The number of benzene rings is 2. The lowest BCUT2D eigenvalue weighted by Gasteiger charge is -2.00. The molecule has 0 radical (unpaired) electrons. The highest BCUT2D eigenvalue weighted by Crippen LogP contribution is 2.25. The van der Waals surface area contributed by atoms with Crippen molar-refractivity contribution in [3.8, 4) is 12.1 Å². The predicted molar refractivity (Wildman–Crippen MR) is 102 cm³/mol. The zero-order valence-electron chi connectivity index (χ0n) is 13.8. The number of nitriles is 2. The molecule has 4 nitrogen and oxygen atoms in total. The molecule has 0 bridgehead atoms. The van der Waals surface area contributed by atoms with E-state index >= 15 is 0 Å². The van der Waals surface area contributed by atoms with Crippen molar-refractivity contribution in [2.45, 2.75) is 13.0 Å². The van der Waals surface area contributed by atoms with Gasteiger partial charge in [0, 0.05) is 39.8 Å². The molecule has 3 aromatic rings. The Labute approximate surface area is 156 Å². The summed E-state index contributed by atoms with van der Waals surface area (Å²) in [7, 11) is 0. The average molecular weight is 360 g/mol. The van der Waals surface area contributed by atoms with Gasteiger partial charge in [-0.3, -0.25) is 4.79 Å². The molecule has 0 unspecified atom stereocenters. The standard InChI is InChI=1S/C21H14ClN3O/c22-18-8-6-15(7-9-18)21(26)16(13-24)12-17-14-25(11-3-10-23)20-5-2-1-4-19(17)20/h1-2,4-9,12,14H,3,11H2/b16-12+. The summed E-state index contributed by atoms with van der Waals surface area (Å²) in [6, 6.07) is 18.3. The van der Waals surface area contributed by atoms with Gasteiger partial charge in [-0.15, -0.1) is 0 Å². The summed E-state index contributed by atoms with van der Waals surface area (Å²) in [5.74, 6) is -0.349. The van der Waals surface area contributed by atoms with Crippen LogP contribution in [0.4, 0.5) is 0 Å². The third kappa shape index (κ3) is 3.52. The average Bonchev–Trinajstić information content (AvgIpc) is 3.02. The van der Waals surface area contributed by atoms with Crippen LogP contribution in [0.25, 0.3) is 17.0 Å². The second-order valence-corrected chi connectivity index (χ2v) is 6.15. The first-order valence-corrected chi connectivity index (χ1v) is 8.38. The molecule has 26 heavy (non-hydrogen) atoms. The van der Waals surface area contributed by atoms with Crippen LogP contribution in [0, 0.1) is 22.7 Å². The number of Topliss-reactive ketones (excluding diaryl/α,β-unsaturated/α-hetero) is 1. The van der Waals surface area contributed by atoms with Crippen molar-refractivity contribution in [2.75, 3.05) is 0 Å². The van der Waals surface area contributed by atoms with Gasteiger partial charge in [0.2, 0.25) is 5.78 Å². The molecule has 0 fully saturated rings. The second kappa shape index (κ2) is 7.70. The molecule has 0 N–H and O–H groups in total. The minimum atomic E-state index is -0.349. The van der Waals surface area contributed by atoms with Crippen LogP contribution in [0.1, 0.15) is 22.3 Å². The quantitative estimate of drug-likeness (QED) is 0.365. The van der Waals surface area contributed by atoms with Crippen molar-refractivity contribution in [2.24, 2.45) is 0 Å². The number of aromatic nitrogens is 1. The Balaban J connectivity index is 2.04. The fraction of sp³-hybridized carbons (Fsp3) is 0.0952. The Bertz CT molecular complexity index is 1080. The number of carbonyl (C=O) groups excluding carboxylic acids is 1. The van der Waals surface area contributed by atoms with E-state index < -0.39 is 0 Å². The van der Waals surface area contributed by atoms with Crippen LogP contribution in [0.3, 0.4) is 0 Å². The molecule has 0 amide bonds. The van der Waals surface area contributed by atoms with E-state index in [0.717, 1.165) is 16.5 Å². The second-order valence-electron chi connectivity index (χ2n) is 5.71. The fourth-order valence-corrected chi connectivity index (χ4v) is 2.93. The van der Waals surface area contributed by atoms with Crippen LogP contribution in [0.5, 0.6) is 0 Å². The zero-order chi connectivity index (χ0) is 18.5. The maximum Gasteiger partial charge on any atom is 0.203 e. The number of para-hydroxylation sites is 1. The van der Waals surface area contributed by atoms with Gasteiger partial charge in [0.05, 0.1) is 12.5 Å². The zero-order valence-corrected chi connectivity index (χ0v) is 14.6. The van der Waals surface area contributed by atoms with Gasteiger partial charge in [0.15, 0.2) is 0 Å². The van der Waals surface area contributed by atoms with Gasteiger partial charge in [-0.25, -0.2) is 0 Å². The van der Waals surface area contributed by atoms with Crippen molar-refractivity contribution in [3.63, 3.8) is 0 Å². The molecule has 1 heterocycles. The van der Waals surface area contributed by atoms with E-state index in [1.165, 1.54) is 0 Å². The molecule has 3 rings (SSSR count). The summed E-state index contributed by atoms with van der Waals surface area (Å²) >= 11 is 5.85. The molecule has 0 atom stereocenters. The minimum Gasteiger partial charge on any atom is -0.346 e. The largest absolute Gasteiger partial charge is 0.346 e. The molecule has 2 aromatic carbocycles. The van der Waals surface area contributed by atoms with Crippen LogP contribution in [-0.2, 0) is 6.54 Å². The van der Waals surface area contributed by atoms with Gasteiger partial charge in [-0.1, -0.05) is 29.8 Å². The van der Waals surface area contributed by atoms with Gasteiger partial charge < -0.3 is 4.57 Å². The molecule has 0 saturated heterocycles. The summed E-state index contributed by atoms with van der Waals surface area (Å²) in [6.07, 6.45) is 3.85. The Morgan fingerprint density at radius 3 is 2.54 bits per heavy atom. The lowest BCUT2D eigenvalue weighted by Crippen LogP contribution is -2.01. The number of hydrogen-bond donors (Lipinski definition) is 0. The Kier molecular flexibility index (Phi) is 5.17. The lowest BCUT2D eigenvalue weighted by atomic mass is 10.0. The van der Waals surface area contributed by atoms with Gasteiger partial charge in [0.25, 0.3) is 0 Å². The number of ketones is 1. The molecule has 0 aliphatic rings. The number of halogens is 1. The van der Waals surface area contributed by atoms with E-state index in [4.69, 9.17) is 16.9 Å². The highest BCUT2D eigenvalue weighted by molar-refractivity contribution is 6.30. The van der Waals surface area contributed by atoms with Gasteiger partial charge in [-0.2, -0.15) is 10.5 Å². The van der Waals surface area contributed by atoms with Crippen molar-refractivity contribution >= 4 is 34.4 Å². The highest BCUT2D eigenvalue weighted by Gasteiger charge is 2.14. The maximum atomic E-state index is 12.6. The van der Waals surface area contributed by atoms with E-state index in [9.17, 15) is 10.1 Å². The number of nitrogens with zero attached hydrogens (tertiary/aromatic N) is 3. The Hall–Kier alpha value is -3.34. The monoisotopic (exact) mass is 359 g/mol. The van der Waals surface area contributed by atoms with E-state index in [1.54, 1.807) is 30.3 Å². The topological polar surface area (TPSA) is 69.6 Å². The first-order valence-electron chi connectivity index (χ1n) is 8.01. The third-order valence-corrected chi connectivity index (χ3v) is 4.31. The van der Waals surface area contributed by atoms with Crippen LogP contribution < -0.4 is 0 Å².